The molecule has 0 aliphatic rings. The molecular formula is C14H21N3O. The Hall–Kier alpha value is -1.81. The van der Waals surface area contributed by atoms with Crippen molar-refractivity contribution in [3.05, 3.63) is 35.9 Å². The summed E-state index contributed by atoms with van der Waals surface area (Å²) in [4.78, 5) is 0. The largest absolute Gasteiger partial charge is 0.507 e. The van der Waals surface area contributed by atoms with Gasteiger partial charge in [0, 0.05) is 24.0 Å². The predicted octanol–water partition coefficient (Wildman–Crippen LogP) is 2.78. The Kier molecular flexibility index (Phi) is 6.58. The summed E-state index contributed by atoms with van der Waals surface area (Å²) in [5, 5.41) is 19.8. The topological polar surface area (TPSA) is 82.1 Å². The van der Waals surface area contributed by atoms with Gasteiger partial charge >= 0.3 is 0 Å². The van der Waals surface area contributed by atoms with E-state index in [4.69, 9.17) is 11.1 Å². The molecule has 1 aromatic carbocycles. The fourth-order valence-corrected chi connectivity index (χ4v) is 1.61. The van der Waals surface area contributed by atoms with Gasteiger partial charge in [0.15, 0.2) is 0 Å². The third kappa shape index (κ3) is 5.01. The molecular weight excluding hydrogens is 226 g/mol. The standard InChI is InChI=1S/C14H21N3O/c15-9-2-1-3-11-17-13-6-4-12(5-7-13)14(18)8-10-16/h4-8,10,16-18H,1-3,9,11,15H2/b14-8-,16-10?. The molecule has 4 heteroatoms. The van der Waals surface area contributed by atoms with Gasteiger partial charge in [0.25, 0.3) is 0 Å². The smallest absolute Gasteiger partial charge is 0.124 e. The minimum atomic E-state index is 0.111. The fraction of sp³-hybridized carbons (Fsp3) is 0.357. The lowest BCUT2D eigenvalue weighted by Crippen LogP contribution is -2.03. The Morgan fingerprint density at radius 3 is 2.56 bits per heavy atom. The molecule has 0 aliphatic carbocycles. The van der Waals surface area contributed by atoms with Crippen molar-refractivity contribution in [1.29, 1.82) is 5.41 Å². The Morgan fingerprint density at radius 2 is 1.94 bits per heavy atom. The van der Waals surface area contributed by atoms with Crippen LogP contribution in [0.1, 0.15) is 24.8 Å². The zero-order valence-corrected chi connectivity index (χ0v) is 10.5. The van der Waals surface area contributed by atoms with Crippen molar-refractivity contribution in [3.63, 3.8) is 0 Å². The van der Waals surface area contributed by atoms with Crippen LogP contribution in [0.5, 0.6) is 0 Å². The summed E-state index contributed by atoms with van der Waals surface area (Å²) < 4.78 is 0. The van der Waals surface area contributed by atoms with Gasteiger partial charge in [-0.1, -0.05) is 6.42 Å². The first-order valence-corrected chi connectivity index (χ1v) is 6.22. The van der Waals surface area contributed by atoms with Crippen LogP contribution < -0.4 is 11.1 Å². The second-order valence-electron chi connectivity index (χ2n) is 4.07. The molecule has 0 heterocycles. The molecule has 0 saturated carbocycles. The van der Waals surface area contributed by atoms with Crippen LogP contribution >= 0.6 is 0 Å². The van der Waals surface area contributed by atoms with Crippen LogP contribution in [0.2, 0.25) is 0 Å². The predicted molar refractivity (Wildman–Crippen MR) is 77.2 cm³/mol. The van der Waals surface area contributed by atoms with Crippen molar-refractivity contribution in [2.75, 3.05) is 18.4 Å². The van der Waals surface area contributed by atoms with E-state index in [1.54, 1.807) is 0 Å². The molecule has 0 spiro atoms. The SMILES string of the molecule is N=C/C=C(\O)c1ccc(NCCCCCN)cc1. The van der Waals surface area contributed by atoms with Crippen molar-refractivity contribution in [2.24, 2.45) is 5.73 Å². The summed E-state index contributed by atoms with van der Waals surface area (Å²) >= 11 is 0. The molecule has 1 aromatic rings. The van der Waals surface area contributed by atoms with Gasteiger partial charge in [0.1, 0.15) is 5.76 Å². The van der Waals surface area contributed by atoms with E-state index in [1.807, 2.05) is 24.3 Å². The van der Waals surface area contributed by atoms with Gasteiger partial charge in [-0.2, -0.15) is 0 Å². The van der Waals surface area contributed by atoms with Crippen LogP contribution in [0, 0.1) is 5.41 Å². The number of hydrogen-bond acceptors (Lipinski definition) is 4. The third-order valence-electron chi connectivity index (χ3n) is 2.63. The van der Waals surface area contributed by atoms with Crippen molar-refractivity contribution in [1.82, 2.24) is 0 Å². The van der Waals surface area contributed by atoms with Crippen molar-refractivity contribution < 1.29 is 5.11 Å². The van der Waals surface area contributed by atoms with Crippen molar-refractivity contribution in [3.8, 4) is 0 Å². The molecule has 18 heavy (non-hydrogen) atoms. The van der Waals surface area contributed by atoms with E-state index in [0.29, 0.717) is 5.56 Å². The highest BCUT2D eigenvalue weighted by atomic mass is 16.3. The number of allylic oxidation sites excluding steroid dienone is 1. The zero-order chi connectivity index (χ0) is 13.2. The zero-order valence-electron chi connectivity index (χ0n) is 10.5. The minimum absolute atomic E-state index is 0.111. The van der Waals surface area contributed by atoms with E-state index in [2.05, 4.69) is 5.32 Å². The number of aliphatic hydroxyl groups excluding tert-OH is 1. The summed E-state index contributed by atoms with van der Waals surface area (Å²) in [5.74, 6) is 0.111. The Morgan fingerprint density at radius 1 is 1.22 bits per heavy atom. The average molecular weight is 247 g/mol. The van der Waals surface area contributed by atoms with Gasteiger partial charge in [-0.15, -0.1) is 0 Å². The summed E-state index contributed by atoms with van der Waals surface area (Å²) in [6.07, 6.45) is 5.75. The number of anilines is 1. The van der Waals surface area contributed by atoms with E-state index in [-0.39, 0.29) is 5.76 Å². The maximum absolute atomic E-state index is 9.56. The number of benzene rings is 1. The van der Waals surface area contributed by atoms with E-state index in [1.165, 1.54) is 6.08 Å². The van der Waals surface area contributed by atoms with Crippen LogP contribution in [-0.4, -0.2) is 24.4 Å². The first-order valence-electron chi connectivity index (χ1n) is 6.22. The van der Waals surface area contributed by atoms with Gasteiger partial charge in [-0.25, -0.2) is 0 Å². The molecule has 0 fully saturated rings. The number of nitrogens with two attached hydrogens (primary N) is 1. The summed E-state index contributed by atoms with van der Waals surface area (Å²) in [7, 11) is 0. The second kappa shape index (κ2) is 8.31. The number of aliphatic hydroxyl groups is 1. The average Bonchev–Trinajstić information content (AvgIpc) is 2.39. The van der Waals surface area contributed by atoms with Gasteiger partial charge in [-0.3, -0.25) is 0 Å². The molecule has 5 N–H and O–H groups in total. The van der Waals surface area contributed by atoms with Crippen LogP contribution in [0.3, 0.4) is 0 Å². The molecule has 98 valence electrons. The molecule has 1 rings (SSSR count). The van der Waals surface area contributed by atoms with Gasteiger partial charge in [0.05, 0.1) is 0 Å². The molecule has 0 saturated heterocycles. The number of unbranched alkanes of at least 4 members (excludes halogenated alkanes) is 2. The van der Waals surface area contributed by atoms with Gasteiger partial charge in [-0.05, 0) is 49.7 Å². The number of rotatable bonds is 8. The minimum Gasteiger partial charge on any atom is -0.507 e. The Bertz CT molecular complexity index is 385. The Balaban J connectivity index is 2.41. The highest BCUT2D eigenvalue weighted by Crippen LogP contribution is 2.15. The molecule has 4 nitrogen and oxygen atoms in total. The number of nitrogens with one attached hydrogen (secondary N) is 2. The van der Waals surface area contributed by atoms with Crippen molar-refractivity contribution in [2.45, 2.75) is 19.3 Å². The molecule has 0 aromatic heterocycles. The maximum Gasteiger partial charge on any atom is 0.124 e. The van der Waals surface area contributed by atoms with E-state index >= 15 is 0 Å². The molecule has 0 unspecified atom stereocenters. The monoisotopic (exact) mass is 247 g/mol. The Labute approximate surface area is 108 Å². The fourth-order valence-electron chi connectivity index (χ4n) is 1.61. The third-order valence-corrected chi connectivity index (χ3v) is 2.63. The van der Waals surface area contributed by atoms with E-state index < -0.39 is 0 Å². The molecule has 0 aliphatic heterocycles. The molecule has 0 bridgehead atoms. The summed E-state index contributed by atoms with van der Waals surface area (Å²) in [6.45, 7) is 1.69. The van der Waals surface area contributed by atoms with Crippen LogP contribution in [0.15, 0.2) is 30.3 Å². The van der Waals surface area contributed by atoms with Crippen molar-refractivity contribution >= 4 is 17.7 Å². The van der Waals surface area contributed by atoms with Crippen LogP contribution in [0.4, 0.5) is 5.69 Å². The van der Waals surface area contributed by atoms with Gasteiger partial charge < -0.3 is 21.6 Å². The second-order valence-corrected chi connectivity index (χ2v) is 4.07. The molecule has 0 radical (unpaired) electrons. The van der Waals surface area contributed by atoms with Crippen LogP contribution in [-0.2, 0) is 0 Å². The number of hydrogen-bond donors (Lipinski definition) is 4. The first kappa shape index (κ1) is 14.3. The summed E-state index contributed by atoms with van der Waals surface area (Å²) in [5.41, 5.74) is 7.18. The highest BCUT2D eigenvalue weighted by Gasteiger charge is 1.98. The maximum atomic E-state index is 9.56. The van der Waals surface area contributed by atoms with Crippen LogP contribution in [0.25, 0.3) is 5.76 Å². The molecule has 0 atom stereocenters. The highest BCUT2D eigenvalue weighted by molar-refractivity contribution is 5.79. The normalized spacial score (nSPS) is 11.3. The molecule has 0 amide bonds. The first-order chi connectivity index (χ1) is 8.77. The van der Waals surface area contributed by atoms with E-state index in [9.17, 15) is 5.11 Å². The lowest BCUT2D eigenvalue weighted by molar-refractivity contribution is 0.512. The van der Waals surface area contributed by atoms with E-state index in [0.717, 1.165) is 44.3 Å². The van der Waals surface area contributed by atoms with Gasteiger partial charge in [0.2, 0.25) is 0 Å². The lowest BCUT2D eigenvalue weighted by Gasteiger charge is -2.07. The quantitative estimate of drug-likeness (QED) is 0.324. The lowest BCUT2D eigenvalue weighted by atomic mass is 10.1. The summed E-state index contributed by atoms with van der Waals surface area (Å²) in [6, 6.07) is 7.51.